The molecule has 1 fully saturated rings. The molecule has 2 rings (SSSR count). The van der Waals surface area contributed by atoms with E-state index in [-0.39, 0.29) is 30.3 Å². The summed E-state index contributed by atoms with van der Waals surface area (Å²) in [4.78, 5) is 16.1. The summed E-state index contributed by atoms with van der Waals surface area (Å²) < 4.78 is 41.0. The third-order valence-electron chi connectivity index (χ3n) is 3.64. The first kappa shape index (κ1) is 17.6. The minimum atomic E-state index is -4.75. The number of halogens is 3. The molecule has 0 aromatic heterocycles. The molecule has 0 spiro atoms. The van der Waals surface area contributed by atoms with Crippen LogP contribution in [-0.2, 0) is 11.3 Å². The molecule has 5 nitrogen and oxygen atoms in total. The number of hydrogen-bond acceptors (Lipinski definition) is 4. The lowest BCUT2D eigenvalue weighted by molar-refractivity contribution is -0.274. The highest BCUT2D eigenvalue weighted by Gasteiger charge is 2.32. The van der Waals surface area contributed by atoms with E-state index in [1.807, 2.05) is 11.9 Å². The van der Waals surface area contributed by atoms with E-state index in [1.165, 1.54) is 18.2 Å². The van der Waals surface area contributed by atoms with Gasteiger partial charge in [0.1, 0.15) is 5.75 Å². The number of para-hydroxylation sites is 1. The fraction of sp³-hybridized carbons (Fsp3) is 0.533. The Morgan fingerprint density at radius 1 is 1.22 bits per heavy atom. The molecule has 0 atom stereocenters. The zero-order chi connectivity index (χ0) is 16.9. The minimum Gasteiger partial charge on any atom is -0.405 e. The van der Waals surface area contributed by atoms with Crippen molar-refractivity contribution in [3.8, 4) is 5.75 Å². The third kappa shape index (κ3) is 6.07. The van der Waals surface area contributed by atoms with Gasteiger partial charge in [0.15, 0.2) is 0 Å². The number of benzene rings is 1. The predicted octanol–water partition coefficient (Wildman–Crippen LogP) is 1.45. The molecule has 0 bridgehead atoms. The SMILES string of the molecule is CN1CCN(CC(=O)NCc2ccccc2OC(F)(F)F)CC1. The van der Waals surface area contributed by atoms with Gasteiger partial charge < -0.3 is 15.0 Å². The van der Waals surface area contributed by atoms with Crippen LogP contribution in [0.2, 0.25) is 0 Å². The van der Waals surface area contributed by atoms with Crippen molar-refractivity contribution in [1.29, 1.82) is 0 Å². The van der Waals surface area contributed by atoms with Crippen LogP contribution in [0.5, 0.6) is 5.75 Å². The zero-order valence-corrected chi connectivity index (χ0v) is 12.9. The molecule has 1 amide bonds. The molecule has 0 radical (unpaired) electrons. The van der Waals surface area contributed by atoms with E-state index in [2.05, 4.69) is 15.0 Å². The Balaban J connectivity index is 1.84. The molecule has 1 aliphatic heterocycles. The summed E-state index contributed by atoms with van der Waals surface area (Å²) in [5.74, 6) is -0.503. The molecule has 128 valence electrons. The lowest BCUT2D eigenvalue weighted by atomic mass is 10.2. The second-order valence-corrected chi connectivity index (χ2v) is 5.51. The van der Waals surface area contributed by atoms with Gasteiger partial charge >= 0.3 is 6.36 Å². The van der Waals surface area contributed by atoms with E-state index in [9.17, 15) is 18.0 Å². The van der Waals surface area contributed by atoms with Crippen molar-refractivity contribution in [3.05, 3.63) is 29.8 Å². The van der Waals surface area contributed by atoms with Crippen molar-refractivity contribution >= 4 is 5.91 Å². The fourth-order valence-corrected chi connectivity index (χ4v) is 2.33. The van der Waals surface area contributed by atoms with E-state index in [4.69, 9.17) is 0 Å². The maximum Gasteiger partial charge on any atom is 0.573 e. The van der Waals surface area contributed by atoms with Gasteiger partial charge in [0.25, 0.3) is 0 Å². The first-order chi connectivity index (χ1) is 10.8. The van der Waals surface area contributed by atoms with Crippen molar-refractivity contribution < 1.29 is 22.7 Å². The van der Waals surface area contributed by atoms with E-state index >= 15 is 0 Å². The maximum atomic E-state index is 12.3. The van der Waals surface area contributed by atoms with Crippen molar-refractivity contribution in [2.75, 3.05) is 39.8 Å². The summed E-state index contributed by atoms with van der Waals surface area (Å²) in [6, 6.07) is 5.79. The highest BCUT2D eigenvalue weighted by Crippen LogP contribution is 2.26. The number of hydrogen-bond donors (Lipinski definition) is 1. The lowest BCUT2D eigenvalue weighted by Gasteiger charge is -2.31. The van der Waals surface area contributed by atoms with Crippen molar-refractivity contribution in [3.63, 3.8) is 0 Å². The molecule has 1 N–H and O–H groups in total. The average molecular weight is 331 g/mol. The average Bonchev–Trinajstić information content (AvgIpc) is 2.47. The van der Waals surface area contributed by atoms with E-state index in [0.29, 0.717) is 0 Å². The highest BCUT2D eigenvalue weighted by molar-refractivity contribution is 5.78. The smallest absolute Gasteiger partial charge is 0.405 e. The molecule has 1 aromatic rings. The molecular weight excluding hydrogens is 311 g/mol. The number of nitrogens with zero attached hydrogens (tertiary/aromatic N) is 2. The van der Waals surface area contributed by atoms with Crippen LogP contribution in [0.1, 0.15) is 5.56 Å². The van der Waals surface area contributed by atoms with Gasteiger partial charge in [0, 0.05) is 38.3 Å². The summed E-state index contributed by atoms with van der Waals surface area (Å²) in [7, 11) is 2.02. The zero-order valence-electron chi connectivity index (χ0n) is 12.9. The number of rotatable bonds is 5. The molecule has 23 heavy (non-hydrogen) atoms. The second-order valence-electron chi connectivity index (χ2n) is 5.51. The number of nitrogens with one attached hydrogen (secondary N) is 1. The second kappa shape index (κ2) is 7.65. The van der Waals surface area contributed by atoms with E-state index in [1.54, 1.807) is 6.07 Å². The van der Waals surface area contributed by atoms with Crippen molar-refractivity contribution in [2.24, 2.45) is 0 Å². The molecule has 0 saturated carbocycles. The van der Waals surface area contributed by atoms with Crippen LogP contribution < -0.4 is 10.1 Å². The number of ether oxygens (including phenoxy) is 1. The van der Waals surface area contributed by atoms with Gasteiger partial charge in [-0.2, -0.15) is 0 Å². The maximum absolute atomic E-state index is 12.3. The van der Waals surface area contributed by atoms with E-state index < -0.39 is 6.36 Å². The Labute approximate surface area is 133 Å². The lowest BCUT2D eigenvalue weighted by Crippen LogP contribution is -2.48. The van der Waals surface area contributed by atoms with Gasteiger partial charge in [0.05, 0.1) is 6.54 Å². The number of piperazine rings is 1. The van der Waals surface area contributed by atoms with Crippen LogP contribution in [0.25, 0.3) is 0 Å². The molecule has 0 aliphatic carbocycles. The Morgan fingerprint density at radius 3 is 2.52 bits per heavy atom. The molecule has 0 unspecified atom stereocenters. The number of carbonyl (C=O) groups excluding carboxylic acids is 1. The standard InChI is InChI=1S/C15H20F3N3O2/c1-20-6-8-21(9-7-20)11-14(22)19-10-12-4-2-3-5-13(12)23-15(16,17)18/h2-5H,6-11H2,1H3,(H,19,22). The van der Waals surface area contributed by atoms with Gasteiger partial charge in [-0.25, -0.2) is 0 Å². The topological polar surface area (TPSA) is 44.8 Å². The summed E-state index contributed by atoms with van der Waals surface area (Å²) in [5.41, 5.74) is 0.288. The number of amides is 1. The number of likely N-dealkylation sites (N-methyl/N-ethyl adjacent to an activating group) is 1. The summed E-state index contributed by atoms with van der Waals surface area (Å²) in [6.45, 7) is 3.65. The number of carbonyl (C=O) groups is 1. The van der Waals surface area contributed by atoms with Crippen LogP contribution in [0, 0.1) is 0 Å². The van der Waals surface area contributed by atoms with Crippen LogP contribution in [0.15, 0.2) is 24.3 Å². The first-order valence-corrected chi connectivity index (χ1v) is 7.35. The fourth-order valence-electron chi connectivity index (χ4n) is 2.33. The van der Waals surface area contributed by atoms with Crippen molar-refractivity contribution in [2.45, 2.75) is 12.9 Å². The summed E-state index contributed by atoms with van der Waals surface area (Å²) in [5, 5.41) is 2.64. The third-order valence-corrected chi connectivity index (χ3v) is 3.64. The molecule has 1 saturated heterocycles. The Hall–Kier alpha value is -1.80. The highest BCUT2D eigenvalue weighted by atomic mass is 19.4. The van der Waals surface area contributed by atoms with Gasteiger partial charge in [-0.3, -0.25) is 9.69 Å². The molecule has 8 heteroatoms. The molecule has 1 heterocycles. The van der Waals surface area contributed by atoms with Crippen LogP contribution >= 0.6 is 0 Å². The van der Waals surface area contributed by atoms with Gasteiger partial charge in [-0.15, -0.1) is 13.2 Å². The van der Waals surface area contributed by atoms with Gasteiger partial charge in [0.2, 0.25) is 5.91 Å². The Bertz CT molecular complexity index is 529. The Kier molecular flexibility index (Phi) is 5.84. The molecule has 1 aliphatic rings. The largest absolute Gasteiger partial charge is 0.573 e. The van der Waals surface area contributed by atoms with Crippen LogP contribution in [0.4, 0.5) is 13.2 Å². The normalized spacial score (nSPS) is 17.0. The predicted molar refractivity (Wildman–Crippen MR) is 78.9 cm³/mol. The van der Waals surface area contributed by atoms with Crippen molar-refractivity contribution in [1.82, 2.24) is 15.1 Å². The molecule has 1 aromatic carbocycles. The van der Waals surface area contributed by atoms with E-state index in [0.717, 1.165) is 26.2 Å². The quantitative estimate of drug-likeness (QED) is 0.887. The first-order valence-electron chi connectivity index (χ1n) is 7.35. The Morgan fingerprint density at radius 2 is 1.87 bits per heavy atom. The minimum absolute atomic E-state index is 0.00116. The monoisotopic (exact) mass is 331 g/mol. The summed E-state index contributed by atoms with van der Waals surface area (Å²) in [6.07, 6.45) is -4.75. The van der Waals surface area contributed by atoms with Crippen LogP contribution in [-0.4, -0.2) is 61.8 Å². The molecular formula is C15H20F3N3O2. The van der Waals surface area contributed by atoms with Crippen LogP contribution in [0.3, 0.4) is 0 Å². The van der Waals surface area contributed by atoms with Gasteiger partial charge in [-0.05, 0) is 13.1 Å². The summed E-state index contributed by atoms with van der Waals surface area (Å²) >= 11 is 0. The van der Waals surface area contributed by atoms with Gasteiger partial charge in [-0.1, -0.05) is 18.2 Å². The number of alkyl halides is 3.